The highest BCUT2D eigenvalue weighted by atomic mass is 32.2. The number of hydrogen-bond acceptors (Lipinski definition) is 11. The largest absolute Gasteiger partial charge is 0.506 e. The van der Waals surface area contributed by atoms with Crippen LogP contribution in [0, 0.1) is 0 Å². The Hall–Kier alpha value is -5.75. The minimum atomic E-state index is -5.08. The summed E-state index contributed by atoms with van der Waals surface area (Å²) in [5.74, 6) is -5.56. The molecule has 16 nitrogen and oxygen atoms in total. The van der Waals surface area contributed by atoms with Crippen molar-refractivity contribution >= 4 is 44.6 Å². The van der Waals surface area contributed by atoms with Crippen LogP contribution in [0.25, 0.3) is 22.0 Å². The van der Waals surface area contributed by atoms with Gasteiger partial charge in [0.25, 0.3) is 0 Å². The number of phenolic OH excluding ortho intramolecular Hbond substituents is 1. The maximum absolute atomic E-state index is 12.7. The van der Waals surface area contributed by atoms with E-state index in [9.17, 15) is 54.6 Å². The van der Waals surface area contributed by atoms with Crippen LogP contribution >= 0.6 is 0 Å². The number of fused-ring (bicyclic) bond motifs is 1. The topological polar surface area (TPSA) is 248 Å². The van der Waals surface area contributed by atoms with E-state index in [2.05, 4.69) is 25.2 Å². The van der Waals surface area contributed by atoms with E-state index in [4.69, 9.17) is 24.5 Å². The van der Waals surface area contributed by atoms with Crippen molar-refractivity contribution in [1.82, 2.24) is 19.9 Å². The molecule has 4 aromatic rings. The number of rotatable bonds is 16. The molecule has 23 heteroatoms. The van der Waals surface area contributed by atoms with Gasteiger partial charge >= 0.3 is 30.4 Å². The second-order valence-corrected chi connectivity index (χ2v) is 15.8. The van der Waals surface area contributed by atoms with Crippen molar-refractivity contribution < 1.29 is 74.3 Å². The van der Waals surface area contributed by atoms with Gasteiger partial charge in [0.2, 0.25) is 15.6 Å². The van der Waals surface area contributed by atoms with Gasteiger partial charge in [-0.05, 0) is 61.6 Å². The minimum Gasteiger partial charge on any atom is -0.506 e. The molecule has 1 amide bonds. The first-order valence-corrected chi connectivity index (χ1v) is 20.9. The summed E-state index contributed by atoms with van der Waals surface area (Å²) >= 11 is 0. The Bertz CT molecular complexity index is 2250. The molecular weight excluding hydrogens is 873 g/mol. The number of alkyl halides is 6. The number of carboxylic acid groups (broad SMARTS) is 2. The highest BCUT2D eigenvalue weighted by molar-refractivity contribution is 7.89. The number of carbonyl (C=O) groups excluding carboxylic acids is 1. The quantitative estimate of drug-likeness (QED) is 0.0505. The van der Waals surface area contributed by atoms with Gasteiger partial charge in [0.15, 0.2) is 0 Å². The summed E-state index contributed by atoms with van der Waals surface area (Å²) < 4.78 is 97.0. The molecule has 0 spiro atoms. The highest BCUT2D eigenvalue weighted by Gasteiger charge is 2.39. The van der Waals surface area contributed by atoms with Crippen LogP contribution in [-0.2, 0) is 24.3 Å². The van der Waals surface area contributed by atoms with Crippen LogP contribution < -0.4 is 20.9 Å². The van der Waals surface area contributed by atoms with Crippen LogP contribution in [0.15, 0.2) is 83.7 Å². The lowest BCUT2D eigenvalue weighted by Crippen LogP contribution is -2.42. The molecule has 0 radical (unpaired) electrons. The van der Waals surface area contributed by atoms with E-state index in [0.717, 1.165) is 24.0 Å². The molecule has 3 aromatic carbocycles. The number of nitrogens with zero attached hydrogens (tertiary/aromatic N) is 1. The number of unbranched alkanes of at least 4 members (excludes halogenated alkanes) is 2. The van der Waals surface area contributed by atoms with Crippen LogP contribution in [-0.4, -0.2) is 120 Å². The number of aliphatic hydroxyl groups excluding tert-OH is 1. The Morgan fingerprint density at radius 2 is 1.41 bits per heavy atom. The fourth-order valence-corrected chi connectivity index (χ4v) is 7.10. The number of piperidine rings is 1. The smallest absolute Gasteiger partial charge is 0.490 e. The van der Waals surface area contributed by atoms with Gasteiger partial charge in [-0.1, -0.05) is 61.0 Å². The molecule has 5 rings (SSSR count). The van der Waals surface area contributed by atoms with Gasteiger partial charge in [-0.2, -0.15) is 26.3 Å². The third kappa shape index (κ3) is 18.2. The molecular formula is C40H47F6N5O11S. The number of benzene rings is 3. The molecule has 0 unspecified atom stereocenters. The fraction of sp³-hybridized carbons (Fsp3) is 0.400. The number of sulfonamides is 1. The number of likely N-dealkylation sites (tertiary alicyclic amines) is 1. The first kappa shape index (κ1) is 51.6. The maximum atomic E-state index is 12.7. The predicted octanol–water partition coefficient (Wildman–Crippen LogP) is 5.59. The first-order valence-electron chi connectivity index (χ1n) is 19.2. The van der Waals surface area contributed by atoms with E-state index >= 15 is 0 Å². The number of halogens is 6. The molecule has 1 fully saturated rings. The second-order valence-electron chi connectivity index (χ2n) is 13.9. The number of para-hydroxylation sites is 1. The Morgan fingerprint density at radius 1 is 0.825 bits per heavy atom. The van der Waals surface area contributed by atoms with E-state index in [1.54, 1.807) is 12.1 Å². The first-order chi connectivity index (χ1) is 29.6. The number of nitrogens with one attached hydrogen (secondary N) is 4. The number of amides is 1. The molecule has 346 valence electrons. The number of carbonyl (C=O) groups is 3. The Morgan fingerprint density at radius 3 is 2.03 bits per heavy atom. The zero-order chi connectivity index (χ0) is 46.8. The number of phenols is 1. The number of pyridine rings is 1. The summed E-state index contributed by atoms with van der Waals surface area (Å²) in [7, 11) is -3.41. The van der Waals surface area contributed by atoms with E-state index in [-0.39, 0.29) is 23.2 Å². The number of hydrogen-bond donors (Lipinski definition) is 8. The Balaban J connectivity index is 0.000000650. The summed E-state index contributed by atoms with van der Waals surface area (Å²) in [6, 6.07) is 23.5. The van der Waals surface area contributed by atoms with E-state index in [0.29, 0.717) is 80.7 Å². The third-order valence-electron chi connectivity index (χ3n) is 9.17. The van der Waals surface area contributed by atoms with Gasteiger partial charge in [-0.15, -0.1) is 0 Å². The molecule has 1 aliphatic rings. The molecule has 1 saturated heterocycles. The molecule has 8 N–H and O–H groups in total. The minimum absolute atomic E-state index is 0.00849. The maximum Gasteiger partial charge on any atom is 0.490 e. The van der Waals surface area contributed by atoms with Gasteiger partial charge in [0, 0.05) is 49.7 Å². The summed E-state index contributed by atoms with van der Waals surface area (Å²) in [6.45, 7) is 3.03. The van der Waals surface area contributed by atoms with Crippen LogP contribution in [0.3, 0.4) is 0 Å². The zero-order valence-corrected chi connectivity index (χ0v) is 34.2. The summed E-state index contributed by atoms with van der Waals surface area (Å²) in [5.41, 5.74) is 3.17. The van der Waals surface area contributed by atoms with Crippen LogP contribution in [0.1, 0.15) is 43.8 Å². The average molecular weight is 920 g/mol. The molecule has 1 aromatic heterocycles. The lowest BCUT2D eigenvalue weighted by atomic mass is 10.0. The number of aromatic nitrogens is 1. The monoisotopic (exact) mass is 919 g/mol. The number of anilines is 1. The molecule has 0 saturated carbocycles. The van der Waals surface area contributed by atoms with Crippen molar-refractivity contribution in [3.8, 4) is 16.9 Å². The van der Waals surface area contributed by atoms with Gasteiger partial charge in [-0.3, -0.25) is 10.1 Å². The van der Waals surface area contributed by atoms with Crippen LogP contribution in [0.5, 0.6) is 5.75 Å². The van der Waals surface area contributed by atoms with Crippen molar-refractivity contribution in [2.24, 2.45) is 0 Å². The van der Waals surface area contributed by atoms with Crippen molar-refractivity contribution in [3.63, 3.8) is 0 Å². The van der Waals surface area contributed by atoms with Crippen molar-refractivity contribution in [2.75, 3.05) is 50.3 Å². The fourth-order valence-electron chi connectivity index (χ4n) is 6.00. The number of aliphatic hydroxyl groups is 1. The number of H-pyrrole nitrogens is 1. The number of ether oxygens (including phenoxy) is 1. The van der Waals surface area contributed by atoms with Crippen molar-refractivity contribution in [3.05, 3.63) is 94.8 Å². The Kier molecular flexibility index (Phi) is 19.8. The normalized spacial score (nSPS) is 14.1. The van der Waals surface area contributed by atoms with Crippen molar-refractivity contribution in [1.29, 1.82) is 0 Å². The second kappa shape index (κ2) is 24.2. The molecule has 0 aliphatic carbocycles. The van der Waals surface area contributed by atoms with Gasteiger partial charge in [0.1, 0.15) is 11.9 Å². The summed E-state index contributed by atoms with van der Waals surface area (Å²) in [6.07, 6.45) is -8.12. The highest BCUT2D eigenvalue weighted by Crippen LogP contribution is 2.29. The van der Waals surface area contributed by atoms with E-state index < -0.39 is 46.5 Å². The average Bonchev–Trinajstić information content (AvgIpc) is 3.22. The SMILES string of the molecule is O=C(Nc1ccccc1-c1ccccc1)OC1CCN(CCS(=O)(=O)NCCCCCNC[C@H](O)c2ccc(O)c3[nH]c(=O)ccc23)CC1.O=C(O)C(F)(F)F.O=C(O)C(F)(F)F. The number of aromatic hydroxyl groups is 1. The summed E-state index contributed by atoms with van der Waals surface area (Å²) in [5, 5.41) is 41.6. The van der Waals surface area contributed by atoms with Gasteiger partial charge < -0.3 is 40.4 Å². The number of carboxylic acids is 2. The molecule has 63 heavy (non-hydrogen) atoms. The van der Waals surface area contributed by atoms with Crippen molar-refractivity contribution in [2.45, 2.75) is 56.7 Å². The van der Waals surface area contributed by atoms with Crippen LogP contribution in [0.4, 0.5) is 36.8 Å². The predicted molar refractivity (Wildman–Crippen MR) is 219 cm³/mol. The van der Waals surface area contributed by atoms with Crippen LogP contribution in [0.2, 0.25) is 0 Å². The number of aromatic amines is 1. The standard InChI is InChI=1S/C36H45N5O7S.2C2HF3O2/c42-32-15-13-29(30-14-16-34(44)40-35(30)32)33(43)25-37-19-7-2-8-20-38-49(46,47)24-23-41-21-17-27(18-22-41)48-36(45)39-31-12-6-5-11-28(31)26-9-3-1-4-10-26;2*3-2(4,5)1(6)7/h1,3-6,9-16,27,33,37-38,42-43H,2,7-8,17-25H2,(H,39,45)(H,40,44);2*(H,6,7)/t33-;;/m0../s1. The lowest BCUT2D eigenvalue weighted by Gasteiger charge is -2.31. The van der Waals surface area contributed by atoms with Gasteiger partial charge in [-0.25, -0.2) is 27.5 Å². The third-order valence-corrected chi connectivity index (χ3v) is 10.5. The number of aliphatic carboxylic acids is 2. The molecule has 0 bridgehead atoms. The molecule has 1 atom stereocenters. The molecule has 1 aliphatic heterocycles. The Labute approximate surface area is 356 Å². The zero-order valence-electron chi connectivity index (χ0n) is 33.4. The van der Waals surface area contributed by atoms with E-state index in [1.165, 1.54) is 12.1 Å². The van der Waals surface area contributed by atoms with Gasteiger partial charge in [0.05, 0.1) is 23.1 Å². The molecule has 2 heterocycles. The van der Waals surface area contributed by atoms with E-state index in [1.807, 2.05) is 54.6 Å². The lowest BCUT2D eigenvalue weighted by molar-refractivity contribution is -0.193. The summed E-state index contributed by atoms with van der Waals surface area (Å²) in [4.78, 5) is 46.8.